The van der Waals surface area contributed by atoms with Crippen molar-refractivity contribution in [3.63, 3.8) is 0 Å². The Morgan fingerprint density at radius 2 is 2.05 bits per heavy atom. The monoisotopic (exact) mass is 655 g/mol. The molecule has 230 valence electrons. The van der Waals surface area contributed by atoms with Gasteiger partial charge in [-0.15, -0.1) is 0 Å². The molecule has 0 spiro atoms. The number of imidazole rings is 1. The van der Waals surface area contributed by atoms with Crippen molar-refractivity contribution in [2.45, 2.75) is 51.6 Å². The Bertz CT molecular complexity index is 1710. The van der Waals surface area contributed by atoms with Crippen molar-refractivity contribution in [2.24, 2.45) is 0 Å². The van der Waals surface area contributed by atoms with Gasteiger partial charge in [0.15, 0.2) is 5.13 Å². The summed E-state index contributed by atoms with van der Waals surface area (Å²) in [6.45, 7) is 4.39. The van der Waals surface area contributed by atoms with Gasteiger partial charge in [-0.3, -0.25) is 14.6 Å². The number of carbonyl (C=O) groups excluding carboxylic acids is 3. The van der Waals surface area contributed by atoms with Gasteiger partial charge in [0.25, 0.3) is 0 Å². The Morgan fingerprint density at radius 3 is 2.77 bits per heavy atom. The number of nitrogen functional groups attached to an aromatic ring is 1. The minimum Gasteiger partial charge on any atom is -0.375 e. The number of piperazine rings is 1. The van der Waals surface area contributed by atoms with Crippen LogP contribution in [-0.4, -0.2) is 84.0 Å². The Morgan fingerprint density at radius 1 is 1.23 bits per heavy atom. The van der Waals surface area contributed by atoms with E-state index in [0.29, 0.717) is 15.2 Å². The number of H-pyrrole nitrogens is 1. The molecule has 15 heteroatoms. The number of hydrogen-bond donors (Lipinski definition) is 3. The molecule has 0 saturated carbocycles. The summed E-state index contributed by atoms with van der Waals surface area (Å²) in [7, 11) is 0. The summed E-state index contributed by atoms with van der Waals surface area (Å²) in [6, 6.07) is 9.50. The van der Waals surface area contributed by atoms with Crippen LogP contribution in [0, 0.1) is 0 Å². The highest BCUT2D eigenvalue weighted by atomic mass is 35.5. The molecule has 2 aromatic carbocycles. The molecule has 4 aromatic rings. The number of halogens is 2. The van der Waals surface area contributed by atoms with E-state index in [0.717, 1.165) is 27.0 Å². The first-order chi connectivity index (χ1) is 21.1. The summed E-state index contributed by atoms with van der Waals surface area (Å²) < 4.78 is 0.933. The molecule has 2 aromatic heterocycles. The SMILES string of the molecule is CC(C)N(C(=O)NCc1ccc(Cl)c(Cl)c1)N1CC(=O)N2[C@@H](Cc3cnc[nH]3)C(=O)N(Cc3cccc4sc(N)nc34)C[C@@H]21. The largest absolute Gasteiger partial charge is 0.375 e. The van der Waals surface area contributed by atoms with Crippen molar-refractivity contribution >= 4 is 67.7 Å². The molecule has 4 N–H and O–H groups in total. The molecular weight excluding hydrogens is 625 g/mol. The molecule has 0 aliphatic carbocycles. The smallest absolute Gasteiger partial charge is 0.332 e. The molecule has 2 saturated heterocycles. The highest BCUT2D eigenvalue weighted by molar-refractivity contribution is 7.22. The number of hydrazine groups is 1. The maximum absolute atomic E-state index is 14.1. The van der Waals surface area contributed by atoms with Crippen molar-refractivity contribution < 1.29 is 14.4 Å². The van der Waals surface area contributed by atoms with Crippen molar-refractivity contribution in [3.05, 3.63) is 75.8 Å². The topological polar surface area (TPSA) is 144 Å². The first kappa shape index (κ1) is 30.1. The summed E-state index contributed by atoms with van der Waals surface area (Å²) in [6.07, 6.45) is 2.87. The van der Waals surface area contributed by atoms with Crippen LogP contribution in [0.15, 0.2) is 48.9 Å². The molecule has 2 atom stereocenters. The molecule has 4 amide bonds. The number of carbonyl (C=O) groups is 3. The summed E-state index contributed by atoms with van der Waals surface area (Å²) >= 11 is 13.6. The predicted molar refractivity (Wildman–Crippen MR) is 169 cm³/mol. The Kier molecular flexibility index (Phi) is 8.38. The number of nitrogens with zero attached hydrogens (tertiary/aromatic N) is 6. The first-order valence-electron chi connectivity index (χ1n) is 14.1. The van der Waals surface area contributed by atoms with Crippen molar-refractivity contribution in [3.8, 4) is 0 Å². The van der Waals surface area contributed by atoms with Gasteiger partial charge in [-0.2, -0.15) is 5.01 Å². The van der Waals surface area contributed by atoms with Gasteiger partial charge in [-0.25, -0.2) is 14.8 Å². The standard InChI is InChI=1S/C29H31Cl2N9O3S/c1-16(2)40(29(43)34-10-17-6-7-20(30)21(31)8-17)38-14-25(41)39-22(9-19-11-33-15-35-19)27(42)37(13-24(38)39)12-18-4-3-5-23-26(18)36-28(32)44-23/h3-8,11,15-16,22,24H,9-10,12-14H2,1-2H3,(H2,32,36)(H,33,35)(H,34,43)/t22-,24+/m0/s1. The number of urea groups is 1. The zero-order valence-corrected chi connectivity index (χ0v) is 26.4. The number of aromatic nitrogens is 3. The highest BCUT2D eigenvalue weighted by Crippen LogP contribution is 2.33. The number of nitrogens with two attached hydrogens (primary N) is 1. The molecule has 0 bridgehead atoms. The van der Waals surface area contributed by atoms with Gasteiger partial charge >= 0.3 is 6.03 Å². The number of anilines is 1. The van der Waals surface area contributed by atoms with Crippen molar-refractivity contribution in [1.29, 1.82) is 0 Å². The van der Waals surface area contributed by atoms with E-state index in [1.54, 1.807) is 50.5 Å². The minimum absolute atomic E-state index is 0.0537. The molecule has 12 nitrogen and oxygen atoms in total. The van der Waals surface area contributed by atoms with E-state index in [9.17, 15) is 14.4 Å². The number of benzene rings is 2. The molecular formula is C29H31Cl2N9O3S. The zero-order chi connectivity index (χ0) is 31.1. The van der Waals surface area contributed by atoms with Crippen LogP contribution < -0.4 is 11.1 Å². The third kappa shape index (κ3) is 5.80. The van der Waals surface area contributed by atoms with Crippen LogP contribution in [0.2, 0.25) is 10.0 Å². The lowest BCUT2D eigenvalue weighted by Gasteiger charge is -2.47. The highest BCUT2D eigenvalue weighted by Gasteiger charge is 2.52. The number of nitrogens with one attached hydrogen (secondary N) is 2. The van der Waals surface area contributed by atoms with Gasteiger partial charge in [0.1, 0.15) is 12.2 Å². The van der Waals surface area contributed by atoms with Crippen LogP contribution in [0.3, 0.4) is 0 Å². The lowest BCUT2D eigenvalue weighted by atomic mass is 10.0. The molecule has 2 fully saturated rings. The molecule has 0 radical (unpaired) electrons. The minimum atomic E-state index is -0.792. The van der Waals surface area contributed by atoms with Crippen LogP contribution in [0.5, 0.6) is 0 Å². The number of rotatable bonds is 8. The number of fused-ring (bicyclic) bond motifs is 2. The maximum atomic E-state index is 14.1. The fraction of sp³-hybridized carbons (Fsp3) is 0.345. The number of amides is 4. The second-order valence-corrected chi connectivity index (χ2v) is 12.9. The average Bonchev–Trinajstić information content (AvgIpc) is 3.71. The summed E-state index contributed by atoms with van der Waals surface area (Å²) in [5, 5.41) is 7.54. The van der Waals surface area contributed by atoms with Gasteiger partial charge in [0, 0.05) is 37.4 Å². The van der Waals surface area contributed by atoms with Crippen LogP contribution >= 0.6 is 34.5 Å². The average molecular weight is 657 g/mol. The maximum Gasteiger partial charge on any atom is 0.332 e. The zero-order valence-electron chi connectivity index (χ0n) is 24.0. The van der Waals surface area contributed by atoms with Gasteiger partial charge in [-0.1, -0.05) is 52.7 Å². The van der Waals surface area contributed by atoms with E-state index in [4.69, 9.17) is 28.9 Å². The van der Waals surface area contributed by atoms with E-state index in [2.05, 4.69) is 20.3 Å². The normalized spacial score (nSPS) is 18.8. The summed E-state index contributed by atoms with van der Waals surface area (Å²) in [5.41, 5.74) is 9.11. The van der Waals surface area contributed by atoms with E-state index in [-0.39, 0.29) is 56.5 Å². The molecule has 2 aliphatic rings. The summed E-state index contributed by atoms with van der Waals surface area (Å²) in [5.74, 6) is -0.420. The lowest BCUT2D eigenvalue weighted by molar-refractivity contribution is -0.158. The Balaban J connectivity index is 1.30. The molecule has 6 rings (SSSR count). The lowest BCUT2D eigenvalue weighted by Crippen LogP contribution is -2.66. The van der Waals surface area contributed by atoms with E-state index in [1.165, 1.54) is 11.3 Å². The molecule has 4 heterocycles. The first-order valence-corrected chi connectivity index (χ1v) is 15.7. The molecule has 0 unspecified atom stereocenters. The molecule has 2 aliphatic heterocycles. The van der Waals surface area contributed by atoms with E-state index < -0.39 is 12.2 Å². The van der Waals surface area contributed by atoms with Gasteiger partial charge < -0.3 is 25.8 Å². The molecule has 44 heavy (non-hydrogen) atoms. The fourth-order valence-corrected chi connectivity index (χ4v) is 6.98. The van der Waals surface area contributed by atoms with Crippen LogP contribution in [0.4, 0.5) is 9.93 Å². The second-order valence-electron chi connectivity index (χ2n) is 11.1. The van der Waals surface area contributed by atoms with Crippen LogP contribution in [0.25, 0.3) is 10.2 Å². The second kappa shape index (κ2) is 12.2. The van der Waals surface area contributed by atoms with E-state index in [1.807, 2.05) is 32.0 Å². The Hall–Kier alpha value is -3.91. The van der Waals surface area contributed by atoms with Crippen molar-refractivity contribution in [1.82, 2.24) is 40.1 Å². The van der Waals surface area contributed by atoms with Crippen molar-refractivity contribution in [2.75, 3.05) is 18.8 Å². The van der Waals surface area contributed by atoms with Gasteiger partial charge in [0.05, 0.1) is 39.7 Å². The Labute approximate surface area is 267 Å². The predicted octanol–water partition coefficient (Wildman–Crippen LogP) is 3.87. The number of aromatic amines is 1. The van der Waals surface area contributed by atoms with Crippen LogP contribution in [0.1, 0.15) is 30.7 Å². The van der Waals surface area contributed by atoms with Crippen LogP contribution in [-0.2, 0) is 29.1 Å². The van der Waals surface area contributed by atoms with Gasteiger partial charge in [-0.05, 0) is 43.2 Å². The number of hydrogen-bond acceptors (Lipinski definition) is 8. The van der Waals surface area contributed by atoms with Gasteiger partial charge in [0.2, 0.25) is 11.8 Å². The third-order valence-corrected chi connectivity index (χ3v) is 9.41. The fourth-order valence-electron chi connectivity index (χ4n) is 5.88. The summed E-state index contributed by atoms with van der Waals surface area (Å²) in [4.78, 5) is 56.4. The number of para-hydroxylation sites is 1. The van der Waals surface area contributed by atoms with E-state index >= 15 is 0 Å². The quantitative estimate of drug-likeness (QED) is 0.261. The number of thiazole rings is 1. The third-order valence-electron chi connectivity index (χ3n) is 7.82.